The van der Waals surface area contributed by atoms with E-state index in [0.717, 1.165) is 0 Å². The lowest BCUT2D eigenvalue weighted by Crippen LogP contribution is -2.26. The van der Waals surface area contributed by atoms with Crippen molar-refractivity contribution in [1.29, 1.82) is 0 Å². The summed E-state index contributed by atoms with van der Waals surface area (Å²) in [6, 6.07) is 4.17. The Morgan fingerprint density at radius 1 is 1.21 bits per heavy atom. The third kappa shape index (κ3) is 2.30. The van der Waals surface area contributed by atoms with Crippen LogP contribution in [-0.2, 0) is 9.59 Å². The molecule has 3 amide bonds. The Kier molecular flexibility index (Phi) is 3.04. The summed E-state index contributed by atoms with van der Waals surface area (Å²) >= 11 is 0. The summed E-state index contributed by atoms with van der Waals surface area (Å²) < 4.78 is 0. The van der Waals surface area contributed by atoms with E-state index >= 15 is 0 Å². The predicted molar refractivity (Wildman–Crippen MR) is 63.7 cm³/mol. The molecule has 0 radical (unpaired) electrons. The van der Waals surface area contributed by atoms with E-state index in [4.69, 9.17) is 5.11 Å². The van der Waals surface area contributed by atoms with Crippen LogP contribution in [0.3, 0.4) is 0 Å². The first-order valence-electron chi connectivity index (χ1n) is 5.43. The summed E-state index contributed by atoms with van der Waals surface area (Å²) in [5, 5.41) is 13.2. The van der Waals surface area contributed by atoms with Crippen molar-refractivity contribution < 1.29 is 24.3 Å². The van der Waals surface area contributed by atoms with Gasteiger partial charge < -0.3 is 10.4 Å². The Hall–Kier alpha value is -2.70. The lowest BCUT2D eigenvalue weighted by atomic mass is 10.1. The number of hydrogen-bond acceptors (Lipinski definition) is 4. The highest BCUT2D eigenvalue weighted by Crippen LogP contribution is 2.20. The van der Waals surface area contributed by atoms with E-state index in [1.165, 1.54) is 25.1 Å². The number of hydrogen-bond donors (Lipinski definition) is 3. The van der Waals surface area contributed by atoms with Crippen molar-refractivity contribution in [3.05, 3.63) is 29.3 Å². The highest BCUT2D eigenvalue weighted by Gasteiger charge is 2.27. The number of carbonyl (C=O) groups is 4. The first-order valence-corrected chi connectivity index (χ1v) is 5.43. The Bertz CT molecular complexity index is 608. The molecule has 2 rings (SSSR count). The number of rotatable bonds is 3. The molecular formula is C12H10N2O5. The fourth-order valence-corrected chi connectivity index (χ4v) is 1.61. The van der Waals surface area contributed by atoms with E-state index in [1.807, 2.05) is 0 Å². The molecule has 0 fully saturated rings. The van der Waals surface area contributed by atoms with Crippen LogP contribution < -0.4 is 10.6 Å². The number of aliphatic carboxylic acids is 1. The average molecular weight is 262 g/mol. The van der Waals surface area contributed by atoms with Gasteiger partial charge in [-0.25, -0.2) is 0 Å². The first-order chi connectivity index (χ1) is 8.90. The zero-order valence-corrected chi connectivity index (χ0v) is 9.89. The summed E-state index contributed by atoms with van der Waals surface area (Å²) in [5.41, 5.74) is 0.654. The largest absolute Gasteiger partial charge is 0.481 e. The van der Waals surface area contributed by atoms with Gasteiger partial charge in [-0.15, -0.1) is 0 Å². The van der Waals surface area contributed by atoms with Crippen molar-refractivity contribution in [2.45, 2.75) is 6.92 Å². The molecule has 1 aliphatic heterocycles. The van der Waals surface area contributed by atoms with Crippen LogP contribution >= 0.6 is 0 Å². The van der Waals surface area contributed by atoms with Crippen LogP contribution in [0.5, 0.6) is 0 Å². The van der Waals surface area contributed by atoms with Crippen molar-refractivity contribution in [3.63, 3.8) is 0 Å². The average Bonchev–Trinajstić information content (AvgIpc) is 2.63. The van der Waals surface area contributed by atoms with Gasteiger partial charge in [-0.3, -0.25) is 24.5 Å². The monoisotopic (exact) mass is 262 g/mol. The molecule has 0 bridgehead atoms. The maximum absolute atomic E-state index is 11.5. The van der Waals surface area contributed by atoms with Gasteiger partial charge in [0.25, 0.3) is 11.8 Å². The first kappa shape index (κ1) is 12.7. The number of anilines is 1. The molecule has 1 heterocycles. The minimum absolute atomic E-state index is 0.158. The molecule has 0 aromatic heterocycles. The number of carbonyl (C=O) groups excluding carboxylic acids is 3. The minimum Gasteiger partial charge on any atom is -0.481 e. The van der Waals surface area contributed by atoms with E-state index in [2.05, 4.69) is 10.6 Å². The molecule has 1 unspecified atom stereocenters. The zero-order valence-electron chi connectivity index (χ0n) is 9.89. The molecule has 19 heavy (non-hydrogen) atoms. The number of fused-ring (bicyclic) bond motifs is 1. The van der Waals surface area contributed by atoms with Gasteiger partial charge in [-0.2, -0.15) is 0 Å². The molecule has 0 aliphatic carbocycles. The zero-order chi connectivity index (χ0) is 14.2. The van der Waals surface area contributed by atoms with Gasteiger partial charge >= 0.3 is 5.97 Å². The van der Waals surface area contributed by atoms with Gasteiger partial charge in [-0.1, -0.05) is 0 Å². The summed E-state index contributed by atoms with van der Waals surface area (Å²) in [5.74, 6) is -4.17. The summed E-state index contributed by atoms with van der Waals surface area (Å²) in [6.45, 7) is 1.25. The second-order valence-electron chi connectivity index (χ2n) is 4.09. The molecule has 7 nitrogen and oxygen atoms in total. The summed E-state index contributed by atoms with van der Waals surface area (Å²) in [6.07, 6.45) is 0. The Labute approximate surface area is 107 Å². The second-order valence-corrected chi connectivity index (χ2v) is 4.09. The van der Waals surface area contributed by atoms with Gasteiger partial charge in [-0.05, 0) is 25.1 Å². The maximum Gasteiger partial charge on any atom is 0.315 e. The van der Waals surface area contributed by atoms with Crippen LogP contribution in [0.2, 0.25) is 0 Å². The van der Waals surface area contributed by atoms with Gasteiger partial charge in [0, 0.05) is 5.69 Å². The Morgan fingerprint density at radius 3 is 2.47 bits per heavy atom. The van der Waals surface area contributed by atoms with Crippen molar-refractivity contribution >= 4 is 29.4 Å². The highest BCUT2D eigenvalue weighted by molar-refractivity contribution is 6.22. The molecule has 0 saturated heterocycles. The number of amides is 3. The van der Waals surface area contributed by atoms with Crippen molar-refractivity contribution in [2.24, 2.45) is 5.92 Å². The normalized spacial score (nSPS) is 14.6. The lowest BCUT2D eigenvalue weighted by molar-refractivity contribution is -0.144. The Balaban J connectivity index is 2.22. The van der Waals surface area contributed by atoms with Crippen LogP contribution in [0.1, 0.15) is 27.6 Å². The smallest absolute Gasteiger partial charge is 0.315 e. The SMILES string of the molecule is CC(C(=O)O)C(=O)Nc1ccc2c(c1)C(=O)NC2=O. The highest BCUT2D eigenvalue weighted by atomic mass is 16.4. The van der Waals surface area contributed by atoms with E-state index < -0.39 is 29.6 Å². The van der Waals surface area contributed by atoms with Crippen molar-refractivity contribution in [2.75, 3.05) is 5.32 Å². The van der Waals surface area contributed by atoms with Gasteiger partial charge in [0.05, 0.1) is 11.1 Å². The van der Waals surface area contributed by atoms with Crippen molar-refractivity contribution in [3.8, 4) is 0 Å². The molecule has 1 aromatic carbocycles. The van der Waals surface area contributed by atoms with E-state index in [0.29, 0.717) is 0 Å². The van der Waals surface area contributed by atoms with Crippen LogP contribution in [0, 0.1) is 5.92 Å². The summed E-state index contributed by atoms with van der Waals surface area (Å²) in [4.78, 5) is 44.9. The Morgan fingerprint density at radius 2 is 1.84 bits per heavy atom. The molecule has 98 valence electrons. The van der Waals surface area contributed by atoms with Gasteiger partial charge in [0.1, 0.15) is 5.92 Å². The number of imide groups is 1. The number of carboxylic acid groups (broad SMARTS) is 1. The topological polar surface area (TPSA) is 113 Å². The third-order valence-electron chi connectivity index (χ3n) is 2.77. The van der Waals surface area contributed by atoms with Crippen LogP contribution in [0.15, 0.2) is 18.2 Å². The number of carboxylic acids is 1. The molecular weight excluding hydrogens is 252 g/mol. The number of benzene rings is 1. The maximum atomic E-state index is 11.5. The standard InChI is InChI=1S/C12H10N2O5/c1-5(12(18)19)9(15)13-6-2-3-7-8(4-6)11(17)14-10(7)16/h2-5H,1H3,(H,13,15)(H,18,19)(H,14,16,17). The second kappa shape index (κ2) is 4.52. The van der Waals surface area contributed by atoms with Gasteiger partial charge in [0.15, 0.2) is 0 Å². The number of nitrogens with one attached hydrogen (secondary N) is 2. The van der Waals surface area contributed by atoms with Crippen molar-refractivity contribution in [1.82, 2.24) is 5.32 Å². The quantitative estimate of drug-likeness (QED) is 0.533. The lowest BCUT2D eigenvalue weighted by Gasteiger charge is -2.08. The van der Waals surface area contributed by atoms with Crippen LogP contribution in [0.25, 0.3) is 0 Å². The molecule has 0 saturated carbocycles. The van der Waals surface area contributed by atoms with Gasteiger partial charge in [0.2, 0.25) is 5.91 Å². The molecule has 1 atom stereocenters. The van der Waals surface area contributed by atoms with Crippen LogP contribution in [0.4, 0.5) is 5.69 Å². The van der Waals surface area contributed by atoms with E-state index in [1.54, 1.807) is 0 Å². The van der Waals surface area contributed by atoms with E-state index in [-0.39, 0.29) is 16.8 Å². The summed E-state index contributed by atoms with van der Waals surface area (Å²) in [7, 11) is 0. The molecule has 1 aromatic rings. The fraction of sp³-hybridized carbons (Fsp3) is 0.167. The predicted octanol–water partition coefficient (Wildman–Crippen LogP) is 0.229. The molecule has 0 spiro atoms. The molecule has 3 N–H and O–H groups in total. The fourth-order valence-electron chi connectivity index (χ4n) is 1.61. The minimum atomic E-state index is -1.24. The molecule has 1 aliphatic rings. The molecule has 7 heteroatoms. The van der Waals surface area contributed by atoms with Crippen LogP contribution in [-0.4, -0.2) is 28.8 Å². The van der Waals surface area contributed by atoms with E-state index in [9.17, 15) is 19.2 Å². The third-order valence-corrected chi connectivity index (χ3v) is 2.77.